The number of hydrogen-bond donors (Lipinski definition) is 0. The third-order valence-corrected chi connectivity index (χ3v) is 7.18. The lowest BCUT2D eigenvalue weighted by molar-refractivity contribution is -0.119. The monoisotopic (exact) mass is 487 g/mol. The van der Waals surface area contributed by atoms with Crippen molar-refractivity contribution >= 4 is 21.6 Å². The summed E-state index contributed by atoms with van der Waals surface area (Å²) < 4.78 is 38.6. The summed E-state index contributed by atoms with van der Waals surface area (Å²) in [4.78, 5) is 13.3. The molecule has 0 N–H and O–H groups in total. The molecule has 178 valence electrons. The van der Waals surface area contributed by atoms with Gasteiger partial charge < -0.3 is 9.47 Å². The highest BCUT2D eigenvalue weighted by Crippen LogP contribution is 2.27. The van der Waals surface area contributed by atoms with Crippen LogP contribution in [0.25, 0.3) is 11.1 Å². The van der Waals surface area contributed by atoms with E-state index in [1.165, 1.54) is 31.4 Å². The summed E-state index contributed by atoms with van der Waals surface area (Å²) in [5.74, 6) is 0.284. The molecular weight excluding hydrogens is 462 g/mol. The van der Waals surface area contributed by atoms with Crippen molar-refractivity contribution in [2.45, 2.75) is 11.8 Å². The molecule has 1 amide bonds. The fourth-order valence-corrected chi connectivity index (χ4v) is 4.94. The molecule has 35 heavy (non-hydrogen) atoms. The molecule has 0 aromatic heterocycles. The van der Waals surface area contributed by atoms with Crippen LogP contribution in [-0.4, -0.2) is 28.0 Å². The Hall–Kier alpha value is -4.10. The van der Waals surface area contributed by atoms with Gasteiger partial charge in [0.1, 0.15) is 11.5 Å². The van der Waals surface area contributed by atoms with Crippen molar-refractivity contribution in [3.05, 3.63) is 109 Å². The van der Waals surface area contributed by atoms with Crippen molar-refractivity contribution in [1.82, 2.24) is 0 Å². The molecule has 6 nitrogen and oxygen atoms in total. The predicted octanol–water partition coefficient (Wildman–Crippen LogP) is 5.47. The normalized spacial score (nSPS) is 11.0. The SMILES string of the molecule is COc1ccc(N(C(=O)COc2ccc(-c3ccccc3)cc2)S(=O)(=O)c2ccc(C)cc2)cc1. The molecule has 4 rings (SSSR count). The second-order valence-electron chi connectivity index (χ2n) is 7.85. The third kappa shape index (κ3) is 5.53. The van der Waals surface area contributed by atoms with E-state index in [-0.39, 0.29) is 10.6 Å². The Kier molecular flexibility index (Phi) is 7.17. The summed E-state index contributed by atoms with van der Waals surface area (Å²) in [6.45, 7) is 1.40. The topological polar surface area (TPSA) is 72.9 Å². The second-order valence-corrected chi connectivity index (χ2v) is 9.64. The van der Waals surface area contributed by atoms with Crippen LogP contribution in [0.15, 0.2) is 108 Å². The van der Waals surface area contributed by atoms with Gasteiger partial charge in [0.25, 0.3) is 15.9 Å². The van der Waals surface area contributed by atoms with Crippen LogP contribution in [0.5, 0.6) is 11.5 Å². The van der Waals surface area contributed by atoms with E-state index >= 15 is 0 Å². The Balaban J connectivity index is 1.58. The third-order valence-electron chi connectivity index (χ3n) is 5.42. The molecular formula is C28H25NO5S. The van der Waals surface area contributed by atoms with Gasteiger partial charge in [-0.1, -0.05) is 60.2 Å². The lowest BCUT2D eigenvalue weighted by Gasteiger charge is -2.23. The van der Waals surface area contributed by atoms with Gasteiger partial charge in [0.2, 0.25) is 0 Å². The highest BCUT2D eigenvalue weighted by Gasteiger charge is 2.31. The van der Waals surface area contributed by atoms with Gasteiger partial charge in [-0.3, -0.25) is 4.79 Å². The Morgan fingerprint density at radius 2 is 1.31 bits per heavy atom. The van der Waals surface area contributed by atoms with E-state index < -0.39 is 22.5 Å². The first-order chi connectivity index (χ1) is 16.9. The van der Waals surface area contributed by atoms with E-state index in [1.54, 1.807) is 36.4 Å². The Morgan fingerprint density at radius 3 is 1.91 bits per heavy atom. The van der Waals surface area contributed by atoms with Crippen molar-refractivity contribution in [2.75, 3.05) is 18.0 Å². The molecule has 4 aromatic carbocycles. The highest BCUT2D eigenvalue weighted by molar-refractivity contribution is 7.93. The summed E-state index contributed by atoms with van der Waals surface area (Å²) in [7, 11) is -2.66. The maximum absolute atomic E-state index is 13.5. The van der Waals surface area contributed by atoms with E-state index in [2.05, 4.69) is 0 Å². The summed E-state index contributed by atoms with van der Waals surface area (Å²) in [6, 6.07) is 29.7. The van der Waals surface area contributed by atoms with Gasteiger partial charge in [-0.15, -0.1) is 0 Å². The minimum Gasteiger partial charge on any atom is -0.497 e. The molecule has 0 aliphatic rings. The molecule has 0 aliphatic heterocycles. The van der Waals surface area contributed by atoms with E-state index in [0.29, 0.717) is 11.5 Å². The van der Waals surface area contributed by atoms with Gasteiger partial charge in [0.15, 0.2) is 6.61 Å². The van der Waals surface area contributed by atoms with Crippen molar-refractivity contribution in [3.8, 4) is 22.6 Å². The number of hydrogen-bond acceptors (Lipinski definition) is 5. The number of aryl methyl sites for hydroxylation is 1. The van der Waals surface area contributed by atoms with Crippen LogP contribution in [0.3, 0.4) is 0 Å². The molecule has 7 heteroatoms. The predicted molar refractivity (Wildman–Crippen MR) is 136 cm³/mol. The zero-order valence-electron chi connectivity index (χ0n) is 19.4. The maximum Gasteiger partial charge on any atom is 0.278 e. The first-order valence-corrected chi connectivity index (χ1v) is 12.4. The first kappa shape index (κ1) is 24.0. The standard InChI is InChI=1S/C28H25NO5S/c1-21-8-18-27(19-9-21)35(31,32)29(24-12-16-25(33-2)17-13-24)28(30)20-34-26-14-10-23(11-15-26)22-6-4-3-5-7-22/h3-19H,20H2,1-2H3. The largest absolute Gasteiger partial charge is 0.497 e. The molecule has 0 saturated heterocycles. The van der Waals surface area contributed by atoms with Crippen LogP contribution >= 0.6 is 0 Å². The summed E-state index contributed by atoms with van der Waals surface area (Å²) in [5, 5.41) is 0. The Bertz CT molecular complexity index is 1380. The number of amides is 1. The molecule has 0 heterocycles. The number of ether oxygens (including phenoxy) is 2. The van der Waals surface area contributed by atoms with Gasteiger partial charge in [-0.05, 0) is 66.6 Å². The van der Waals surface area contributed by atoms with Crippen LogP contribution < -0.4 is 13.8 Å². The van der Waals surface area contributed by atoms with Crippen LogP contribution in [0, 0.1) is 6.92 Å². The quantitative estimate of drug-likeness (QED) is 0.329. The fraction of sp³-hybridized carbons (Fsp3) is 0.107. The number of carbonyl (C=O) groups excluding carboxylic acids is 1. The molecule has 0 unspecified atom stereocenters. The number of anilines is 1. The molecule has 0 bridgehead atoms. The fourth-order valence-electron chi connectivity index (χ4n) is 3.53. The molecule has 0 saturated carbocycles. The number of benzene rings is 4. The highest BCUT2D eigenvalue weighted by atomic mass is 32.2. The molecule has 0 spiro atoms. The van der Waals surface area contributed by atoms with Crippen LogP contribution in [-0.2, 0) is 14.8 Å². The van der Waals surface area contributed by atoms with E-state index in [9.17, 15) is 13.2 Å². The van der Waals surface area contributed by atoms with Gasteiger partial charge >= 0.3 is 0 Å². The minimum atomic E-state index is -4.17. The minimum absolute atomic E-state index is 0.0134. The molecule has 0 aliphatic carbocycles. The van der Waals surface area contributed by atoms with Gasteiger partial charge in [-0.2, -0.15) is 4.31 Å². The van der Waals surface area contributed by atoms with Crippen LogP contribution in [0.1, 0.15) is 5.56 Å². The van der Waals surface area contributed by atoms with Gasteiger partial charge in [0.05, 0.1) is 17.7 Å². The Labute approximate surface area is 205 Å². The van der Waals surface area contributed by atoms with Gasteiger partial charge in [-0.25, -0.2) is 8.42 Å². The smallest absolute Gasteiger partial charge is 0.278 e. The van der Waals surface area contributed by atoms with E-state index in [4.69, 9.17) is 9.47 Å². The maximum atomic E-state index is 13.5. The summed E-state index contributed by atoms with van der Waals surface area (Å²) in [6.07, 6.45) is 0. The Morgan fingerprint density at radius 1 is 0.743 bits per heavy atom. The number of methoxy groups -OCH3 is 1. The second kappa shape index (κ2) is 10.4. The van der Waals surface area contributed by atoms with Crippen LogP contribution in [0.2, 0.25) is 0 Å². The first-order valence-electron chi connectivity index (χ1n) is 11.0. The summed E-state index contributed by atoms with van der Waals surface area (Å²) in [5.41, 5.74) is 3.17. The molecule has 4 aromatic rings. The van der Waals surface area contributed by atoms with Crippen molar-refractivity contribution in [1.29, 1.82) is 0 Å². The molecule has 0 atom stereocenters. The van der Waals surface area contributed by atoms with Gasteiger partial charge in [0, 0.05) is 0 Å². The lowest BCUT2D eigenvalue weighted by atomic mass is 10.1. The number of nitrogens with zero attached hydrogens (tertiary/aromatic N) is 1. The lowest BCUT2D eigenvalue weighted by Crippen LogP contribution is -2.40. The average molecular weight is 488 g/mol. The number of sulfonamides is 1. The van der Waals surface area contributed by atoms with Crippen molar-refractivity contribution < 1.29 is 22.7 Å². The molecule has 0 fully saturated rings. The average Bonchev–Trinajstić information content (AvgIpc) is 2.89. The summed E-state index contributed by atoms with van der Waals surface area (Å²) >= 11 is 0. The van der Waals surface area contributed by atoms with Crippen LogP contribution in [0.4, 0.5) is 5.69 Å². The zero-order valence-corrected chi connectivity index (χ0v) is 20.2. The van der Waals surface area contributed by atoms with Crippen molar-refractivity contribution in [3.63, 3.8) is 0 Å². The van der Waals surface area contributed by atoms with E-state index in [0.717, 1.165) is 21.0 Å². The zero-order chi connectivity index (χ0) is 24.8. The van der Waals surface area contributed by atoms with Crippen molar-refractivity contribution in [2.24, 2.45) is 0 Å². The number of rotatable bonds is 8. The van der Waals surface area contributed by atoms with E-state index in [1.807, 2.05) is 49.4 Å². The molecule has 0 radical (unpaired) electrons. The number of carbonyl (C=O) groups is 1.